The molecule has 0 saturated carbocycles. The van der Waals surface area contributed by atoms with Crippen LogP contribution in [0.5, 0.6) is 0 Å². The molecule has 0 bridgehead atoms. The molecule has 0 radical (unpaired) electrons. The van der Waals surface area contributed by atoms with E-state index >= 15 is 0 Å². The Morgan fingerprint density at radius 3 is 2.40 bits per heavy atom. The Bertz CT molecular complexity index is 1080. The van der Waals surface area contributed by atoms with E-state index in [2.05, 4.69) is 10.1 Å². The van der Waals surface area contributed by atoms with Crippen molar-refractivity contribution in [3.63, 3.8) is 0 Å². The van der Waals surface area contributed by atoms with Crippen LogP contribution in [0, 0.1) is 0 Å². The van der Waals surface area contributed by atoms with Crippen molar-refractivity contribution in [1.82, 2.24) is 4.90 Å². The van der Waals surface area contributed by atoms with Gasteiger partial charge in [0.2, 0.25) is 5.91 Å². The van der Waals surface area contributed by atoms with Gasteiger partial charge in [-0.05, 0) is 42.3 Å². The van der Waals surface area contributed by atoms with Gasteiger partial charge in [0.05, 0.1) is 18.4 Å². The summed E-state index contributed by atoms with van der Waals surface area (Å²) in [6.07, 6.45) is 1.07. The Kier molecular flexibility index (Phi) is 6.21. The molecular weight excluding hydrogens is 408 g/mol. The highest BCUT2D eigenvalue weighted by atomic mass is 32.2. The molecule has 0 aliphatic carbocycles. The quantitative estimate of drug-likeness (QED) is 0.672. The summed E-state index contributed by atoms with van der Waals surface area (Å²) in [7, 11) is -2.05. The molecule has 1 aliphatic rings. The van der Waals surface area contributed by atoms with Gasteiger partial charge in [0.25, 0.3) is 5.91 Å². The second-order valence-electron chi connectivity index (χ2n) is 7.08. The zero-order valence-electron chi connectivity index (χ0n) is 16.6. The van der Waals surface area contributed by atoms with Gasteiger partial charge >= 0.3 is 5.97 Å². The first-order valence-corrected chi connectivity index (χ1v) is 11.3. The van der Waals surface area contributed by atoms with Crippen molar-refractivity contribution in [3.05, 3.63) is 65.2 Å². The van der Waals surface area contributed by atoms with Crippen molar-refractivity contribution in [2.45, 2.75) is 19.0 Å². The van der Waals surface area contributed by atoms with Crippen molar-refractivity contribution in [3.8, 4) is 0 Å². The van der Waals surface area contributed by atoms with Gasteiger partial charge in [-0.25, -0.2) is 13.2 Å². The van der Waals surface area contributed by atoms with Crippen molar-refractivity contribution in [2.75, 3.05) is 24.4 Å². The van der Waals surface area contributed by atoms with Crippen LogP contribution in [0.1, 0.15) is 32.7 Å². The lowest BCUT2D eigenvalue weighted by molar-refractivity contribution is -0.120. The third-order valence-electron chi connectivity index (χ3n) is 4.86. The summed E-state index contributed by atoms with van der Waals surface area (Å²) in [5.74, 6) is -1.53. The average Bonchev–Trinajstić information content (AvgIpc) is 3.04. The van der Waals surface area contributed by atoms with Crippen LogP contribution in [-0.2, 0) is 25.9 Å². The smallest absolute Gasteiger partial charge is 0.337 e. The number of methoxy groups -OCH3 is 1. The summed E-state index contributed by atoms with van der Waals surface area (Å²) in [5, 5.41) is 2.71. The lowest BCUT2D eigenvalue weighted by atomic mass is 10.1. The van der Waals surface area contributed by atoms with Crippen molar-refractivity contribution >= 4 is 33.3 Å². The van der Waals surface area contributed by atoms with Crippen molar-refractivity contribution in [2.24, 2.45) is 0 Å². The minimum atomic E-state index is -3.33. The average molecular weight is 430 g/mol. The first-order chi connectivity index (χ1) is 14.2. The van der Waals surface area contributed by atoms with Crippen LogP contribution in [0.2, 0.25) is 0 Å². The van der Waals surface area contributed by atoms with Gasteiger partial charge in [0, 0.05) is 24.1 Å². The number of fused-ring (bicyclic) bond motifs is 1. The van der Waals surface area contributed by atoms with Crippen molar-refractivity contribution < 1.29 is 27.5 Å². The van der Waals surface area contributed by atoms with E-state index in [0.717, 1.165) is 11.8 Å². The molecule has 2 aromatic rings. The highest BCUT2D eigenvalue weighted by molar-refractivity contribution is 7.90. The predicted molar refractivity (Wildman–Crippen MR) is 111 cm³/mol. The Morgan fingerprint density at radius 2 is 1.80 bits per heavy atom. The molecule has 2 aromatic carbocycles. The molecule has 0 saturated heterocycles. The van der Waals surface area contributed by atoms with Gasteiger partial charge in [-0.15, -0.1) is 0 Å². The number of ether oxygens (including phenoxy) is 1. The van der Waals surface area contributed by atoms with Gasteiger partial charge in [0.15, 0.2) is 0 Å². The highest BCUT2D eigenvalue weighted by Crippen LogP contribution is 2.26. The Labute approximate surface area is 174 Å². The first-order valence-electron chi connectivity index (χ1n) is 9.25. The Balaban J connectivity index is 1.81. The van der Waals surface area contributed by atoms with Crippen LogP contribution in [0.3, 0.4) is 0 Å². The molecule has 1 unspecified atom stereocenters. The van der Waals surface area contributed by atoms with Crippen molar-refractivity contribution in [1.29, 1.82) is 0 Å². The normalized spacial score (nSPS) is 14.2. The number of amides is 2. The number of carbonyl (C=O) groups is 3. The second-order valence-corrected chi connectivity index (χ2v) is 9.34. The lowest BCUT2D eigenvalue weighted by Gasteiger charge is -2.26. The molecule has 1 N–H and O–H groups in total. The second kappa shape index (κ2) is 8.66. The minimum absolute atomic E-state index is 0.0232. The van der Waals surface area contributed by atoms with Crippen LogP contribution in [-0.4, -0.2) is 56.3 Å². The summed E-state index contributed by atoms with van der Waals surface area (Å²) >= 11 is 0. The number of benzene rings is 2. The number of hydrogen-bond donors (Lipinski definition) is 1. The summed E-state index contributed by atoms with van der Waals surface area (Å²) in [5.41, 5.74) is 2.05. The fourth-order valence-electron chi connectivity index (χ4n) is 3.32. The van der Waals surface area contributed by atoms with E-state index in [1.165, 1.54) is 24.1 Å². The number of sulfone groups is 1. The number of nitrogens with zero attached hydrogens (tertiary/aromatic N) is 1. The molecule has 2 amide bonds. The molecule has 1 aliphatic heterocycles. The van der Waals surface area contributed by atoms with E-state index in [4.69, 9.17) is 0 Å². The van der Waals surface area contributed by atoms with Gasteiger partial charge in [-0.1, -0.05) is 18.2 Å². The zero-order chi connectivity index (χ0) is 21.9. The molecule has 8 nitrogen and oxygen atoms in total. The van der Waals surface area contributed by atoms with Gasteiger partial charge in [-0.3, -0.25) is 9.59 Å². The van der Waals surface area contributed by atoms with Crippen LogP contribution >= 0.6 is 0 Å². The van der Waals surface area contributed by atoms with Gasteiger partial charge < -0.3 is 15.0 Å². The predicted octanol–water partition coefficient (Wildman–Crippen LogP) is 1.87. The van der Waals surface area contributed by atoms with E-state index in [9.17, 15) is 22.8 Å². The Morgan fingerprint density at radius 1 is 1.13 bits per heavy atom. The maximum absolute atomic E-state index is 13.0. The fraction of sp³-hybridized carbons (Fsp3) is 0.286. The van der Waals surface area contributed by atoms with Crippen LogP contribution in [0.25, 0.3) is 0 Å². The van der Waals surface area contributed by atoms with Crippen LogP contribution in [0.15, 0.2) is 48.5 Å². The van der Waals surface area contributed by atoms with E-state index in [1.807, 2.05) is 12.1 Å². The van der Waals surface area contributed by atoms with Crippen LogP contribution in [0.4, 0.5) is 5.69 Å². The monoisotopic (exact) mass is 430 g/mol. The number of anilines is 1. The summed E-state index contributed by atoms with van der Waals surface area (Å²) in [4.78, 5) is 38.8. The number of hydrogen-bond acceptors (Lipinski definition) is 6. The first kappa shape index (κ1) is 21.5. The third kappa shape index (κ3) is 4.85. The molecule has 3 rings (SSSR count). The fourth-order valence-corrected chi connectivity index (χ4v) is 3.97. The topological polar surface area (TPSA) is 110 Å². The van der Waals surface area contributed by atoms with Crippen LogP contribution < -0.4 is 5.32 Å². The highest BCUT2D eigenvalue weighted by Gasteiger charge is 2.36. The third-order valence-corrected chi connectivity index (χ3v) is 5.84. The number of esters is 1. The van der Waals surface area contributed by atoms with Gasteiger partial charge in [-0.2, -0.15) is 0 Å². The summed E-state index contributed by atoms with van der Waals surface area (Å²) < 4.78 is 28.0. The molecule has 1 heterocycles. The molecule has 30 heavy (non-hydrogen) atoms. The summed E-state index contributed by atoms with van der Waals surface area (Å²) in [6.45, 7) is 0.234. The molecular formula is C21H22N2O6S. The zero-order valence-corrected chi connectivity index (χ0v) is 17.4. The number of nitrogens with one attached hydrogen (secondary N) is 1. The molecule has 158 valence electrons. The standard InChI is InChI=1S/C21H22N2O6S/c1-29-21(26)14-7-9-16(10-8-14)22-19(24)18(11-12-30(2,27)28)23-13-15-5-3-4-6-17(15)20(23)25/h3-10,18H,11-13H2,1-2H3,(H,22,24). The van der Waals surface area contributed by atoms with E-state index < -0.39 is 27.8 Å². The van der Waals surface area contributed by atoms with E-state index in [0.29, 0.717) is 16.8 Å². The van der Waals surface area contributed by atoms with E-state index in [-0.39, 0.29) is 24.6 Å². The largest absolute Gasteiger partial charge is 0.465 e. The lowest BCUT2D eigenvalue weighted by Crippen LogP contribution is -2.45. The number of carbonyl (C=O) groups excluding carboxylic acids is 3. The summed E-state index contributed by atoms with van der Waals surface area (Å²) in [6, 6.07) is 12.2. The molecule has 0 aromatic heterocycles. The molecule has 0 spiro atoms. The molecule has 0 fully saturated rings. The Hall–Kier alpha value is -3.20. The SMILES string of the molecule is COC(=O)c1ccc(NC(=O)C(CCS(C)(=O)=O)N2Cc3ccccc3C2=O)cc1. The maximum Gasteiger partial charge on any atom is 0.337 e. The van der Waals surface area contributed by atoms with Gasteiger partial charge in [0.1, 0.15) is 15.9 Å². The van der Waals surface area contributed by atoms with E-state index in [1.54, 1.807) is 24.3 Å². The number of rotatable bonds is 7. The molecule has 9 heteroatoms. The maximum atomic E-state index is 13.0. The minimum Gasteiger partial charge on any atom is -0.465 e. The molecule has 1 atom stereocenters.